The van der Waals surface area contributed by atoms with Crippen molar-refractivity contribution in [1.82, 2.24) is 0 Å². The van der Waals surface area contributed by atoms with Gasteiger partial charge >= 0.3 is 5.97 Å². The lowest BCUT2D eigenvalue weighted by molar-refractivity contribution is -0.147. The monoisotopic (exact) mass is 543 g/mol. The molecule has 0 heterocycles. The first-order valence-corrected chi connectivity index (χ1v) is 12.6. The lowest BCUT2D eigenvalue weighted by Crippen LogP contribution is -2.28. The van der Waals surface area contributed by atoms with E-state index in [0.717, 1.165) is 0 Å². The summed E-state index contributed by atoms with van der Waals surface area (Å²) in [4.78, 5) is 37.3. The van der Waals surface area contributed by atoms with Crippen LogP contribution in [0.4, 0.5) is 5.69 Å². The van der Waals surface area contributed by atoms with Crippen molar-refractivity contribution in [2.45, 2.75) is 31.8 Å². The number of hydrogen-bond donors (Lipinski definition) is 1. The molecule has 0 radical (unpaired) electrons. The van der Waals surface area contributed by atoms with Gasteiger partial charge < -0.3 is 19.5 Å². The number of Topliss-reactive ketones (excluding diaryl/α,β-unsaturated/α-hetero) is 1. The van der Waals surface area contributed by atoms with E-state index >= 15 is 0 Å². The Hall–Kier alpha value is -3.55. The summed E-state index contributed by atoms with van der Waals surface area (Å²) in [6, 6.07) is 20.5. The van der Waals surface area contributed by atoms with Gasteiger partial charge in [-0.05, 0) is 67.1 Å². The number of benzene rings is 3. The number of alkyl halides is 1. The number of nitrogens with one attached hydrogen (secondary N) is 1. The highest BCUT2D eigenvalue weighted by Crippen LogP contribution is 2.31. The molecule has 7 nitrogen and oxygen atoms in total. The number of halogens is 2. The Labute approximate surface area is 225 Å². The SMILES string of the molecule is COc1ccccc1Oc1ccc(NC(=O)CCCC(=O)OC(CCCl)C(=O)c2ccc(Cl)cc2)cc1. The Bertz CT molecular complexity index is 1200. The molecule has 194 valence electrons. The van der Waals surface area contributed by atoms with Crippen LogP contribution in [0.25, 0.3) is 0 Å². The van der Waals surface area contributed by atoms with Crippen molar-refractivity contribution in [2.75, 3.05) is 18.3 Å². The fourth-order valence-corrected chi connectivity index (χ4v) is 3.74. The highest BCUT2D eigenvalue weighted by molar-refractivity contribution is 6.30. The van der Waals surface area contributed by atoms with E-state index < -0.39 is 12.1 Å². The van der Waals surface area contributed by atoms with Crippen LogP contribution < -0.4 is 14.8 Å². The number of ether oxygens (including phenoxy) is 3. The fraction of sp³-hybridized carbons (Fsp3) is 0.250. The van der Waals surface area contributed by atoms with Gasteiger partial charge in [0.1, 0.15) is 5.75 Å². The molecule has 9 heteroatoms. The maximum atomic E-state index is 12.7. The maximum absolute atomic E-state index is 12.7. The van der Waals surface area contributed by atoms with Crippen molar-refractivity contribution in [1.29, 1.82) is 0 Å². The van der Waals surface area contributed by atoms with Gasteiger partial charge in [0.2, 0.25) is 11.7 Å². The molecule has 0 aliphatic heterocycles. The molecule has 1 atom stereocenters. The van der Waals surface area contributed by atoms with Crippen LogP contribution in [0.5, 0.6) is 17.2 Å². The number of hydrogen-bond acceptors (Lipinski definition) is 6. The average Bonchev–Trinajstić information content (AvgIpc) is 2.90. The Morgan fingerprint density at radius 2 is 1.57 bits per heavy atom. The van der Waals surface area contributed by atoms with Crippen LogP contribution in [0, 0.1) is 0 Å². The van der Waals surface area contributed by atoms with Gasteiger partial charge in [-0.15, -0.1) is 11.6 Å². The van der Waals surface area contributed by atoms with Crippen LogP contribution in [0.1, 0.15) is 36.0 Å². The quantitative estimate of drug-likeness (QED) is 0.147. The molecule has 0 aliphatic carbocycles. The first kappa shape index (κ1) is 28.0. The number of methoxy groups -OCH3 is 1. The minimum atomic E-state index is -0.989. The molecule has 0 aromatic heterocycles. The standard InChI is InChI=1S/C28H27Cl2NO6/c1-35-23-5-2-3-6-24(23)36-22-15-13-21(14-16-22)31-26(32)7-4-8-27(33)37-25(17-18-29)28(34)19-9-11-20(30)12-10-19/h2-3,5-6,9-16,25H,4,7-8,17-18H2,1H3,(H,31,32). The van der Waals surface area contributed by atoms with E-state index in [9.17, 15) is 14.4 Å². The molecule has 0 aliphatic rings. The minimum absolute atomic E-state index is 0.00814. The Morgan fingerprint density at radius 1 is 0.892 bits per heavy atom. The number of anilines is 1. The van der Waals surface area contributed by atoms with E-state index in [1.165, 1.54) is 0 Å². The molecule has 1 unspecified atom stereocenters. The minimum Gasteiger partial charge on any atom is -0.493 e. The van der Waals surface area contributed by atoms with Gasteiger partial charge in [0.05, 0.1) is 7.11 Å². The summed E-state index contributed by atoms with van der Waals surface area (Å²) >= 11 is 11.7. The first-order chi connectivity index (χ1) is 17.9. The second-order valence-electron chi connectivity index (χ2n) is 8.01. The van der Waals surface area contributed by atoms with Gasteiger partial charge in [0.15, 0.2) is 17.6 Å². The number of carbonyl (C=O) groups is 3. The predicted molar refractivity (Wildman–Crippen MR) is 143 cm³/mol. The number of carbonyl (C=O) groups excluding carboxylic acids is 3. The number of para-hydroxylation sites is 2. The molecule has 3 aromatic carbocycles. The van der Waals surface area contributed by atoms with Gasteiger partial charge in [-0.3, -0.25) is 14.4 Å². The first-order valence-electron chi connectivity index (χ1n) is 11.7. The zero-order valence-corrected chi connectivity index (χ0v) is 21.8. The summed E-state index contributed by atoms with van der Waals surface area (Å²) in [5.41, 5.74) is 0.974. The molecular formula is C28H27Cl2NO6. The van der Waals surface area contributed by atoms with Crippen molar-refractivity contribution < 1.29 is 28.6 Å². The van der Waals surface area contributed by atoms with Crippen LogP contribution in [0.2, 0.25) is 5.02 Å². The Morgan fingerprint density at radius 3 is 2.22 bits per heavy atom. The van der Waals surface area contributed by atoms with Gasteiger partial charge in [0, 0.05) is 41.4 Å². The average molecular weight is 544 g/mol. The van der Waals surface area contributed by atoms with Crippen molar-refractivity contribution in [3.8, 4) is 17.2 Å². The third-order valence-corrected chi connectivity index (χ3v) is 5.76. The summed E-state index contributed by atoms with van der Waals surface area (Å²) < 4.78 is 16.5. The number of amides is 1. The van der Waals surface area contributed by atoms with E-state index in [4.69, 9.17) is 37.4 Å². The molecule has 1 N–H and O–H groups in total. The number of rotatable bonds is 13. The largest absolute Gasteiger partial charge is 0.493 e. The lowest BCUT2D eigenvalue weighted by Gasteiger charge is -2.16. The van der Waals surface area contributed by atoms with Gasteiger partial charge in [-0.25, -0.2) is 0 Å². The smallest absolute Gasteiger partial charge is 0.306 e. The molecule has 0 saturated heterocycles. The summed E-state index contributed by atoms with van der Waals surface area (Å²) in [6.07, 6.45) is -0.434. The van der Waals surface area contributed by atoms with Crippen molar-refractivity contribution >= 4 is 46.5 Å². The molecule has 0 saturated carbocycles. The van der Waals surface area contributed by atoms with Gasteiger partial charge in [0.25, 0.3) is 0 Å². The van der Waals surface area contributed by atoms with E-state index in [-0.39, 0.29) is 43.3 Å². The summed E-state index contributed by atoms with van der Waals surface area (Å²) in [5, 5.41) is 3.28. The molecule has 0 spiro atoms. The Balaban J connectivity index is 1.44. The molecule has 0 bridgehead atoms. The van der Waals surface area contributed by atoms with E-state index in [2.05, 4.69) is 5.32 Å². The molecule has 3 aromatic rings. The zero-order chi connectivity index (χ0) is 26.6. The predicted octanol–water partition coefficient (Wildman–Crippen LogP) is 6.67. The van der Waals surface area contributed by atoms with Crippen molar-refractivity contribution in [3.63, 3.8) is 0 Å². The summed E-state index contributed by atoms with van der Waals surface area (Å²) in [7, 11) is 1.57. The third-order valence-electron chi connectivity index (χ3n) is 5.29. The normalized spacial score (nSPS) is 11.3. The van der Waals surface area contributed by atoms with E-state index in [1.54, 1.807) is 67.8 Å². The lowest BCUT2D eigenvalue weighted by atomic mass is 10.0. The number of esters is 1. The summed E-state index contributed by atoms with van der Waals surface area (Å²) in [6.45, 7) is 0. The highest BCUT2D eigenvalue weighted by Gasteiger charge is 2.23. The van der Waals surface area contributed by atoms with E-state index in [0.29, 0.717) is 33.5 Å². The molecule has 0 fully saturated rings. The second-order valence-corrected chi connectivity index (χ2v) is 8.82. The highest BCUT2D eigenvalue weighted by atomic mass is 35.5. The number of ketones is 1. The molecule has 37 heavy (non-hydrogen) atoms. The van der Waals surface area contributed by atoms with Crippen LogP contribution in [-0.4, -0.2) is 36.8 Å². The van der Waals surface area contributed by atoms with Gasteiger partial charge in [-0.1, -0.05) is 23.7 Å². The summed E-state index contributed by atoms with van der Waals surface area (Å²) in [5.74, 6) is 0.774. The van der Waals surface area contributed by atoms with Crippen LogP contribution in [0.15, 0.2) is 72.8 Å². The maximum Gasteiger partial charge on any atom is 0.306 e. The second kappa shape index (κ2) is 14.3. The fourth-order valence-electron chi connectivity index (χ4n) is 3.41. The zero-order valence-electron chi connectivity index (χ0n) is 20.2. The van der Waals surface area contributed by atoms with Crippen LogP contribution >= 0.6 is 23.2 Å². The Kier molecular flexibility index (Phi) is 10.8. The van der Waals surface area contributed by atoms with Crippen molar-refractivity contribution in [3.05, 3.63) is 83.4 Å². The van der Waals surface area contributed by atoms with Crippen molar-refractivity contribution in [2.24, 2.45) is 0 Å². The van der Waals surface area contributed by atoms with Gasteiger partial charge in [-0.2, -0.15) is 0 Å². The topological polar surface area (TPSA) is 90.9 Å². The molecular weight excluding hydrogens is 517 g/mol. The van der Waals surface area contributed by atoms with E-state index in [1.807, 2.05) is 12.1 Å². The molecule has 1 amide bonds. The third kappa shape index (κ3) is 8.81. The van der Waals surface area contributed by atoms with Crippen LogP contribution in [0.3, 0.4) is 0 Å². The molecule has 3 rings (SSSR count). The van der Waals surface area contributed by atoms with Crippen LogP contribution in [-0.2, 0) is 14.3 Å².